The van der Waals surface area contributed by atoms with Gasteiger partial charge >= 0.3 is 0 Å². The van der Waals surface area contributed by atoms with Crippen molar-refractivity contribution in [1.29, 1.82) is 0 Å². The molecule has 0 aromatic heterocycles. The summed E-state index contributed by atoms with van der Waals surface area (Å²) in [5, 5.41) is 12.4. The molecule has 2 rings (SSSR count). The molecule has 2 N–H and O–H groups in total. The lowest BCUT2D eigenvalue weighted by molar-refractivity contribution is 0.282. The van der Waals surface area contributed by atoms with Crippen LogP contribution in [0.2, 0.25) is 0 Å². The molecular formula is C17H27NO2. The Bertz CT molecular complexity index is 406. The van der Waals surface area contributed by atoms with Crippen LogP contribution in [0.25, 0.3) is 0 Å². The first-order valence-corrected chi connectivity index (χ1v) is 7.95. The average Bonchev–Trinajstić information content (AvgIpc) is 2.94. The lowest BCUT2D eigenvalue weighted by Gasteiger charge is -2.18. The molecule has 0 spiro atoms. The largest absolute Gasteiger partial charge is 0.493 e. The topological polar surface area (TPSA) is 41.5 Å². The fraction of sp³-hybridized carbons (Fsp3) is 0.647. The number of benzene rings is 1. The molecule has 0 saturated carbocycles. The fourth-order valence-corrected chi connectivity index (χ4v) is 2.79. The van der Waals surface area contributed by atoms with Gasteiger partial charge in [0.05, 0.1) is 6.61 Å². The van der Waals surface area contributed by atoms with Gasteiger partial charge in [-0.15, -0.1) is 0 Å². The van der Waals surface area contributed by atoms with Crippen LogP contribution in [0.5, 0.6) is 5.75 Å². The number of aliphatic hydroxyl groups is 1. The molecule has 112 valence electrons. The zero-order valence-corrected chi connectivity index (χ0v) is 12.5. The highest BCUT2D eigenvalue weighted by atomic mass is 16.5. The number of hydrogen-bond donors (Lipinski definition) is 2. The molecular weight excluding hydrogens is 250 g/mol. The zero-order chi connectivity index (χ0) is 14.2. The molecule has 1 unspecified atom stereocenters. The summed E-state index contributed by atoms with van der Waals surface area (Å²) < 4.78 is 5.56. The molecule has 0 radical (unpaired) electrons. The van der Waals surface area contributed by atoms with Crippen molar-refractivity contribution in [1.82, 2.24) is 5.32 Å². The highest BCUT2D eigenvalue weighted by molar-refractivity contribution is 5.40. The molecule has 1 atom stereocenters. The van der Waals surface area contributed by atoms with E-state index in [1.165, 1.54) is 24.0 Å². The summed E-state index contributed by atoms with van der Waals surface area (Å²) in [6.45, 7) is 4.43. The van der Waals surface area contributed by atoms with Crippen LogP contribution in [0.1, 0.15) is 56.2 Å². The van der Waals surface area contributed by atoms with Crippen LogP contribution in [-0.2, 0) is 6.42 Å². The predicted molar refractivity (Wildman–Crippen MR) is 82.2 cm³/mol. The monoisotopic (exact) mass is 277 g/mol. The van der Waals surface area contributed by atoms with E-state index >= 15 is 0 Å². The van der Waals surface area contributed by atoms with Gasteiger partial charge in [-0.3, -0.25) is 0 Å². The second-order valence-corrected chi connectivity index (χ2v) is 5.52. The van der Waals surface area contributed by atoms with Crippen molar-refractivity contribution in [3.63, 3.8) is 0 Å². The van der Waals surface area contributed by atoms with Crippen LogP contribution in [0, 0.1) is 0 Å². The summed E-state index contributed by atoms with van der Waals surface area (Å²) in [4.78, 5) is 0. The van der Waals surface area contributed by atoms with Crippen molar-refractivity contribution in [3.05, 3.63) is 29.3 Å². The number of hydrogen-bond acceptors (Lipinski definition) is 3. The minimum absolute atomic E-state index is 0.322. The van der Waals surface area contributed by atoms with E-state index in [1.807, 2.05) is 0 Å². The van der Waals surface area contributed by atoms with Crippen LogP contribution in [0.15, 0.2) is 18.2 Å². The number of aliphatic hydroxyl groups excluding tert-OH is 1. The van der Waals surface area contributed by atoms with Crippen LogP contribution in [-0.4, -0.2) is 24.9 Å². The third kappa shape index (κ3) is 4.22. The summed E-state index contributed by atoms with van der Waals surface area (Å²) in [6.07, 6.45) is 6.59. The molecule has 1 aromatic carbocycles. The highest BCUT2D eigenvalue weighted by Gasteiger charge is 2.15. The minimum atomic E-state index is 0.322. The number of rotatable bonds is 9. The Labute approximate surface area is 122 Å². The SMILES string of the molecule is CCC(NCCCCCCO)c1ccc2c(c1)CCO2. The second-order valence-electron chi connectivity index (χ2n) is 5.52. The molecule has 1 aromatic rings. The van der Waals surface area contributed by atoms with E-state index in [1.54, 1.807) is 0 Å². The normalized spacial score (nSPS) is 14.9. The van der Waals surface area contributed by atoms with Crippen molar-refractivity contribution < 1.29 is 9.84 Å². The first-order valence-electron chi connectivity index (χ1n) is 7.95. The Morgan fingerprint density at radius 2 is 2.10 bits per heavy atom. The molecule has 1 heterocycles. The maximum Gasteiger partial charge on any atom is 0.122 e. The Hall–Kier alpha value is -1.06. The van der Waals surface area contributed by atoms with Crippen molar-refractivity contribution in [2.45, 2.75) is 51.5 Å². The summed E-state index contributed by atoms with van der Waals surface area (Å²) in [5.41, 5.74) is 2.73. The summed E-state index contributed by atoms with van der Waals surface area (Å²) in [7, 11) is 0. The number of ether oxygens (including phenoxy) is 1. The average molecular weight is 277 g/mol. The van der Waals surface area contributed by atoms with Crippen LogP contribution < -0.4 is 10.1 Å². The maximum absolute atomic E-state index is 8.75. The first-order chi connectivity index (χ1) is 9.85. The molecule has 0 amide bonds. The molecule has 0 aliphatic carbocycles. The van der Waals surface area contributed by atoms with Crippen molar-refractivity contribution in [2.75, 3.05) is 19.8 Å². The number of unbranched alkanes of at least 4 members (excludes halogenated alkanes) is 3. The molecule has 1 aliphatic heterocycles. The zero-order valence-electron chi connectivity index (χ0n) is 12.5. The van der Waals surface area contributed by atoms with E-state index in [4.69, 9.17) is 9.84 Å². The van der Waals surface area contributed by atoms with Crippen molar-refractivity contribution >= 4 is 0 Å². The van der Waals surface area contributed by atoms with Gasteiger partial charge in [-0.05, 0) is 43.0 Å². The van der Waals surface area contributed by atoms with Gasteiger partial charge in [0.25, 0.3) is 0 Å². The summed E-state index contributed by atoms with van der Waals surface area (Å²) in [6, 6.07) is 7.05. The Balaban J connectivity index is 1.79. The lowest BCUT2D eigenvalue weighted by Crippen LogP contribution is -2.22. The number of nitrogens with one attached hydrogen (secondary N) is 1. The summed E-state index contributed by atoms with van der Waals surface area (Å²) in [5.74, 6) is 1.06. The molecule has 0 saturated heterocycles. The standard InChI is InChI=1S/C17H27NO2/c1-2-16(18-10-5-3-4-6-11-19)14-7-8-17-15(13-14)9-12-20-17/h7-8,13,16,18-19H,2-6,9-12H2,1H3. The Kier molecular flexibility index (Phi) is 6.34. The Morgan fingerprint density at radius 1 is 1.25 bits per heavy atom. The smallest absolute Gasteiger partial charge is 0.122 e. The van der Waals surface area contributed by atoms with Gasteiger partial charge in [0, 0.05) is 19.1 Å². The van der Waals surface area contributed by atoms with E-state index in [9.17, 15) is 0 Å². The van der Waals surface area contributed by atoms with Crippen LogP contribution in [0.4, 0.5) is 0 Å². The van der Waals surface area contributed by atoms with Gasteiger partial charge < -0.3 is 15.2 Å². The van der Waals surface area contributed by atoms with E-state index in [-0.39, 0.29) is 0 Å². The van der Waals surface area contributed by atoms with Gasteiger partial charge in [0.15, 0.2) is 0 Å². The van der Waals surface area contributed by atoms with Crippen molar-refractivity contribution in [2.24, 2.45) is 0 Å². The van der Waals surface area contributed by atoms with Gasteiger partial charge in [0.2, 0.25) is 0 Å². The minimum Gasteiger partial charge on any atom is -0.493 e. The molecule has 1 aliphatic rings. The van der Waals surface area contributed by atoms with Gasteiger partial charge in [-0.1, -0.05) is 31.9 Å². The van der Waals surface area contributed by atoms with E-state index < -0.39 is 0 Å². The van der Waals surface area contributed by atoms with Crippen LogP contribution in [0.3, 0.4) is 0 Å². The van der Waals surface area contributed by atoms with E-state index in [0.717, 1.165) is 44.6 Å². The van der Waals surface area contributed by atoms with Crippen LogP contribution >= 0.6 is 0 Å². The highest BCUT2D eigenvalue weighted by Crippen LogP contribution is 2.29. The molecule has 0 fully saturated rings. The summed E-state index contributed by atoms with van der Waals surface area (Å²) >= 11 is 0. The van der Waals surface area contributed by atoms with Gasteiger partial charge in [0.1, 0.15) is 5.75 Å². The van der Waals surface area contributed by atoms with Gasteiger partial charge in [-0.25, -0.2) is 0 Å². The Morgan fingerprint density at radius 3 is 2.90 bits per heavy atom. The van der Waals surface area contributed by atoms with E-state index in [2.05, 4.69) is 30.4 Å². The second kappa shape index (κ2) is 8.28. The molecule has 20 heavy (non-hydrogen) atoms. The third-order valence-electron chi connectivity index (χ3n) is 4.00. The maximum atomic E-state index is 8.75. The molecule has 3 nitrogen and oxygen atoms in total. The fourth-order valence-electron chi connectivity index (χ4n) is 2.79. The molecule has 0 bridgehead atoms. The third-order valence-corrected chi connectivity index (χ3v) is 4.00. The first kappa shape index (κ1) is 15.3. The predicted octanol–water partition coefficient (Wildman–Crippen LogP) is 3.21. The quantitative estimate of drug-likeness (QED) is 0.681. The van der Waals surface area contributed by atoms with E-state index in [0.29, 0.717) is 12.6 Å². The van der Waals surface area contributed by atoms with Crippen molar-refractivity contribution in [3.8, 4) is 5.75 Å². The molecule has 3 heteroatoms. The van der Waals surface area contributed by atoms with Gasteiger partial charge in [-0.2, -0.15) is 0 Å². The lowest BCUT2D eigenvalue weighted by atomic mass is 10.0. The number of fused-ring (bicyclic) bond motifs is 1.